The van der Waals surface area contributed by atoms with E-state index >= 15 is 0 Å². The molecule has 1 aromatic heterocycles. The number of nitrogens with zero attached hydrogens (tertiary/aromatic N) is 2. The van der Waals surface area contributed by atoms with E-state index in [1.165, 1.54) is 0 Å². The summed E-state index contributed by atoms with van der Waals surface area (Å²) in [6, 6.07) is 14.7. The Hall–Kier alpha value is -2.44. The second-order valence-corrected chi connectivity index (χ2v) is 7.26. The van der Waals surface area contributed by atoms with Crippen molar-refractivity contribution in [3.8, 4) is 17.0 Å². The summed E-state index contributed by atoms with van der Waals surface area (Å²) in [5.74, 6) is 1.34. The zero-order chi connectivity index (χ0) is 17.9. The Morgan fingerprint density at radius 2 is 2.04 bits per heavy atom. The Morgan fingerprint density at radius 3 is 2.81 bits per heavy atom. The second-order valence-electron chi connectivity index (χ2n) is 5.80. The summed E-state index contributed by atoms with van der Waals surface area (Å²) in [5, 5.41) is 4.36. The molecule has 132 valence electrons. The maximum Gasteiger partial charge on any atom is 0.262 e. The monoisotopic (exact) mass is 385 g/mol. The third kappa shape index (κ3) is 3.71. The van der Waals surface area contributed by atoms with E-state index in [0.717, 1.165) is 28.7 Å². The van der Waals surface area contributed by atoms with Crippen LogP contribution in [0.1, 0.15) is 0 Å². The number of ether oxygens (including phenoxy) is 1. The lowest BCUT2D eigenvalue weighted by atomic mass is 10.1. The van der Waals surface area contributed by atoms with Crippen LogP contribution in [-0.4, -0.2) is 27.8 Å². The number of carbonyl (C=O) groups excluding carboxylic acids is 1. The van der Waals surface area contributed by atoms with Crippen LogP contribution in [-0.2, 0) is 11.3 Å². The first kappa shape index (κ1) is 17.0. The minimum atomic E-state index is -0.241. The van der Waals surface area contributed by atoms with Crippen molar-refractivity contribution in [1.29, 1.82) is 0 Å². The number of halogens is 1. The standard InChI is InChI=1S/C19H16ClN3O2S/c20-15-3-1-2-4-17(15)25-12-18(24)21-14-7-5-13(6-8-14)16-11-23-9-10-26-19(23)22-16/h1-8,11H,9-10,12H2,(H,21,24). The van der Waals surface area contributed by atoms with Gasteiger partial charge in [0.25, 0.3) is 5.91 Å². The Morgan fingerprint density at radius 1 is 1.23 bits per heavy atom. The van der Waals surface area contributed by atoms with Crippen molar-refractivity contribution in [3.63, 3.8) is 0 Å². The van der Waals surface area contributed by atoms with E-state index in [1.54, 1.807) is 23.9 Å². The molecule has 1 aliphatic rings. The molecule has 0 saturated heterocycles. The van der Waals surface area contributed by atoms with Crippen molar-refractivity contribution in [2.75, 3.05) is 17.7 Å². The Balaban J connectivity index is 1.36. The van der Waals surface area contributed by atoms with Gasteiger partial charge in [-0.15, -0.1) is 0 Å². The van der Waals surface area contributed by atoms with Gasteiger partial charge in [-0.25, -0.2) is 4.98 Å². The minimum Gasteiger partial charge on any atom is -0.482 e. The van der Waals surface area contributed by atoms with Gasteiger partial charge in [0.1, 0.15) is 5.75 Å². The molecule has 2 heterocycles. The van der Waals surface area contributed by atoms with E-state index in [4.69, 9.17) is 16.3 Å². The van der Waals surface area contributed by atoms with Gasteiger partial charge in [0.2, 0.25) is 0 Å². The highest BCUT2D eigenvalue weighted by Crippen LogP contribution is 2.29. The highest BCUT2D eigenvalue weighted by Gasteiger charge is 2.15. The minimum absolute atomic E-state index is 0.101. The maximum absolute atomic E-state index is 12.0. The zero-order valence-corrected chi connectivity index (χ0v) is 15.4. The molecule has 7 heteroatoms. The zero-order valence-electron chi connectivity index (χ0n) is 13.8. The van der Waals surface area contributed by atoms with Crippen LogP contribution in [0, 0.1) is 0 Å². The number of hydrogen-bond donors (Lipinski definition) is 1. The summed E-state index contributed by atoms with van der Waals surface area (Å²) in [5.41, 5.74) is 2.69. The first-order chi connectivity index (χ1) is 12.7. The predicted molar refractivity (Wildman–Crippen MR) is 104 cm³/mol. The lowest BCUT2D eigenvalue weighted by molar-refractivity contribution is -0.118. The van der Waals surface area contributed by atoms with Gasteiger partial charge in [-0.1, -0.05) is 47.6 Å². The predicted octanol–water partition coefficient (Wildman–Crippen LogP) is 4.33. The molecule has 0 atom stereocenters. The Kier molecular flexibility index (Phi) is 4.86. The fourth-order valence-electron chi connectivity index (χ4n) is 2.68. The second kappa shape index (κ2) is 7.43. The number of imidazole rings is 1. The fraction of sp³-hybridized carbons (Fsp3) is 0.158. The van der Waals surface area contributed by atoms with Crippen LogP contribution in [0.5, 0.6) is 5.75 Å². The summed E-state index contributed by atoms with van der Waals surface area (Å²) in [6.45, 7) is 0.906. The lowest BCUT2D eigenvalue weighted by Crippen LogP contribution is -2.20. The number of rotatable bonds is 5. The molecular weight excluding hydrogens is 370 g/mol. The van der Waals surface area contributed by atoms with E-state index in [2.05, 4.69) is 21.1 Å². The molecule has 4 rings (SSSR count). The van der Waals surface area contributed by atoms with Gasteiger partial charge in [0.05, 0.1) is 10.7 Å². The van der Waals surface area contributed by atoms with Crippen LogP contribution < -0.4 is 10.1 Å². The molecule has 3 aromatic rings. The number of hydrogen-bond acceptors (Lipinski definition) is 4. The summed E-state index contributed by atoms with van der Waals surface area (Å²) in [7, 11) is 0. The van der Waals surface area contributed by atoms with Gasteiger partial charge in [-0.2, -0.15) is 0 Å². The molecule has 0 bridgehead atoms. The smallest absolute Gasteiger partial charge is 0.262 e. The fourth-order valence-corrected chi connectivity index (χ4v) is 3.81. The van der Waals surface area contributed by atoms with Gasteiger partial charge >= 0.3 is 0 Å². The molecule has 0 aliphatic carbocycles. The van der Waals surface area contributed by atoms with Gasteiger partial charge in [0.15, 0.2) is 11.8 Å². The van der Waals surface area contributed by atoms with Crippen molar-refractivity contribution >= 4 is 35.0 Å². The Labute approximate surface area is 160 Å². The average molecular weight is 386 g/mol. The summed E-state index contributed by atoms with van der Waals surface area (Å²) in [4.78, 5) is 16.7. The number of thioether (sulfide) groups is 1. The molecule has 1 N–H and O–H groups in total. The lowest BCUT2D eigenvalue weighted by Gasteiger charge is -2.09. The van der Waals surface area contributed by atoms with E-state index in [9.17, 15) is 4.79 Å². The number of para-hydroxylation sites is 1. The van der Waals surface area contributed by atoms with Crippen LogP contribution >= 0.6 is 23.4 Å². The van der Waals surface area contributed by atoms with Crippen molar-refractivity contribution in [2.24, 2.45) is 0 Å². The SMILES string of the molecule is O=C(COc1ccccc1Cl)Nc1ccc(-c2cn3c(n2)SCC3)cc1. The number of aryl methyl sites for hydroxylation is 1. The van der Waals surface area contributed by atoms with Gasteiger partial charge < -0.3 is 14.6 Å². The summed E-state index contributed by atoms with van der Waals surface area (Å²) >= 11 is 7.78. The van der Waals surface area contributed by atoms with Crippen molar-refractivity contribution in [2.45, 2.75) is 11.7 Å². The number of anilines is 1. The number of fused-ring (bicyclic) bond motifs is 1. The molecule has 0 radical (unpaired) electrons. The molecule has 26 heavy (non-hydrogen) atoms. The van der Waals surface area contributed by atoms with Crippen LogP contribution in [0.3, 0.4) is 0 Å². The molecular formula is C19H16ClN3O2S. The van der Waals surface area contributed by atoms with Crippen LogP contribution in [0.25, 0.3) is 11.3 Å². The average Bonchev–Trinajstić information content (AvgIpc) is 3.24. The maximum atomic E-state index is 12.0. The molecule has 5 nitrogen and oxygen atoms in total. The highest BCUT2D eigenvalue weighted by atomic mass is 35.5. The highest BCUT2D eigenvalue weighted by molar-refractivity contribution is 7.99. The molecule has 2 aromatic carbocycles. The third-order valence-electron chi connectivity index (χ3n) is 3.96. The molecule has 0 saturated carbocycles. The number of amides is 1. The number of nitrogens with one attached hydrogen (secondary N) is 1. The third-order valence-corrected chi connectivity index (χ3v) is 5.25. The molecule has 0 spiro atoms. The molecule has 0 unspecified atom stereocenters. The quantitative estimate of drug-likeness (QED) is 0.710. The number of carbonyl (C=O) groups is 1. The summed E-state index contributed by atoms with van der Waals surface area (Å²) in [6.07, 6.45) is 2.07. The van der Waals surface area contributed by atoms with Gasteiger partial charge in [-0.05, 0) is 24.3 Å². The van der Waals surface area contributed by atoms with Gasteiger partial charge in [-0.3, -0.25) is 4.79 Å². The van der Waals surface area contributed by atoms with Crippen LogP contribution in [0.4, 0.5) is 5.69 Å². The van der Waals surface area contributed by atoms with E-state index in [0.29, 0.717) is 16.5 Å². The van der Waals surface area contributed by atoms with E-state index < -0.39 is 0 Å². The largest absolute Gasteiger partial charge is 0.482 e. The topological polar surface area (TPSA) is 56.1 Å². The van der Waals surface area contributed by atoms with Crippen LogP contribution in [0.2, 0.25) is 5.02 Å². The van der Waals surface area contributed by atoms with Crippen molar-refractivity contribution < 1.29 is 9.53 Å². The molecule has 1 aliphatic heterocycles. The van der Waals surface area contributed by atoms with Gasteiger partial charge in [0, 0.05) is 29.7 Å². The van der Waals surface area contributed by atoms with Crippen LogP contribution in [0.15, 0.2) is 59.9 Å². The first-order valence-electron chi connectivity index (χ1n) is 8.16. The van der Waals surface area contributed by atoms with Crippen molar-refractivity contribution in [3.05, 3.63) is 59.8 Å². The van der Waals surface area contributed by atoms with Crippen molar-refractivity contribution in [1.82, 2.24) is 9.55 Å². The first-order valence-corrected chi connectivity index (χ1v) is 9.53. The van der Waals surface area contributed by atoms with E-state index in [1.807, 2.05) is 36.4 Å². The number of aromatic nitrogens is 2. The molecule has 0 fully saturated rings. The molecule has 1 amide bonds. The Bertz CT molecular complexity index is 919. The van der Waals surface area contributed by atoms with E-state index in [-0.39, 0.29) is 12.5 Å². The summed E-state index contributed by atoms with van der Waals surface area (Å²) < 4.78 is 7.61. The normalized spacial score (nSPS) is 12.7. The number of benzene rings is 2.